The first-order valence-electron chi connectivity index (χ1n) is 5.34. The molecule has 88 valence electrons. The van der Waals surface area contributed by atoms with Crippen LogP contribution in [-0.2, 0) is 0 Å². The van der Waals surface area contributed by atoms with Crippen LogP contribution in [0.4, 0.5) is 0 Å². The molecule has 0 bridgehead atoms. The van der Waals surface area contributed by atoms with Gasteiger partial charge in [0.1, 0.15) is 5.69 Å². The van der Waals surface area contributed by atoms with Crippen LogP contribution in [0.1, 0.15) is 18.4 Å². The summed E-state index contributed by atoms with van der Waals surface area (Å²) in [6.07, 6.45) is 4.96. The number of hydrogen-bond donors (Lipinski definition) is 2. The summed E-state index contributed by atoms with van der Waals surface area (Å²) in [5.74, 6) is 0.887. The molecule has 7 heteroatoms. The Morgan fingerprint density at radius 3 is 3.06 bits per heavy atom. The molecule has 2 N–H and O–H groups in total. The van der Waals surface area contributed by atoms with Crippen molar-refractivity contribution in [3.8, 4) is 11.5 Å². The molecule has 17 heavy (non-hydrogen) atoms. The van der Waals surface area contributed by atoms with Crippen LogP contribution in [0.25, 0.3) is 11.5 Å². The fraction of sp³-hybridized carbons (Fsp3) is 0.400. The van der Waals surface area contributed by atoms with Crippen LogP contribution in [0.5, 0.6) is 0 Å². The van der Waals surface area contributed by atoms with Crippen LogP contribution < -0.4 is 5.32 Å². The van der Waals surface area contributed by atoms with E-state index in [9.17, 15) is 5.11 Å². The Morgan fingerprint density at radius 2 is 2.35 bits per heavy atom. The summed E-state index contributed by atoms with van der Waals surface area (Å²) >= 11 is 0. The van der Waals surface area contributed by atoms with E-state index in [0.717, 1.165) is 0 Å². The highest BCUT2D eigenvalue weighted by molar-refractivity contribution is 5.45. The van der Waals surface area contributed by atoms with E-state index in [2.05, 4.69) is 25.4 Å². The molecule has 1 saturated heterocycles. The molecule has 3 heterocycles. The van der Waals surface area contributed by atoms with Crippen LogP contribution in [-0.4, -0.2) is 37.9 Å². The van der Waals surface area contributed by atoms with Gasteiger partial charge in [-0.1, -0.05) is 5.16 Å². The topological polar surface area (TPSA) is 97.0 Å². The normalized spacial score (nSPS) is 24.1. The van der Waals surface area contributed by atoms with Gasteiger partial charge in [0.2, 0.25) is 11.7 Å². The Balaban J connectivity index is 1.84. The summed E-state index contributed by atoms with van der Waals surface area (Å²) < 4.78 is 5.15. The van der Waals surface area contributed by atoms with Gasteiger partial charge in [0.05, 0.1) is 18.3 Å². The molecule has 0 spiro atoms. The Hall–Kier alpha value is -1.86. The quantitative estimate of drug-likeness (QED) is 0.748. The maximum Gasteiger partial charge on any atom is 0.244 e. The monoisotopic (exact) mass is 233 g/mol. The molecule has 0 saturated carbocycles. The van der Waals surface area contributed by atoms with Crippen molar-refractivity contribution < 1.29 is 9.63 Å². The molecule has 1 aliphatic heterocycles. The highest BCUT2D eigenvalue weighted by atomic mass is 16.5. The number of hydrogen-bond acceptors (Lipinski definition) is 7. The van der Waals surface area contributed by atoms with Crippen molar-refractivity contribution in [3.63, 3.8) is 0 Å². The molecule has 2 unspecified atom stereocenters. The van der Waals surface area contributed by atoms with Crippen LogP contribution >= 0.6 is 0 Å². The largest absolute Gasteiger partial charge is 0.392 e. The first-order chi connectivity index (χ1) is 8.33. The highest BCUT2D eigenvalue weighted by Crippen LogP contribution is 2.23. The summed E-state index contributed by atoms with van der Waals surface area (Å²) in [6, 6.07) is -0.0806. The van der Waals surface area contributed by atoms with Gasteiger partial charge in [0, 0.05) is 18.9 Å². The fourth-order valence-electron chi connectivity index (χ4n) is 1.80. The average molecular weight is 233 g/mol. The Morgan fingerprint density at radius 1 is 1.41 bits per heavy atom. The molecule has 0 amide bonds. The average Bonchev–Trinajstić information content (AvgIpc) is 2.98. The van der Waals surface area contributed by atoms with Crippen molar-refractivity contribution in [1.82, 2.24) is 25.4 Å². The van der Waals surface area contributed by atoms with Crippen molar-refractivity contribution in [2.45, 2.75) is 18.6 Å². The second kappa shape index (κ2) is 4.19. The number of nitrogens with zero attached hydrogens (tertiary/aromatic N) is 4. The number of aliphatic hydroxyl groups excluding tert-OH is 1. The Bertz CT molecular complexity index is 500. The van der Waals surface area contributed by atoms with Crippen molar-refractivity contribution in [3.05, 3.63) is 24.5 Å². The Kier molecular flexibility index (Phi) is 2.54. The lowest BCUT2D eigenvalue weighted by atomic mass is 10.2. The van der Waals surface area contributed by atoms with Gasteiger partial charge >= 0.3 is 0 Å². The fourth-order valence-corrected chi connectivity index (χ4v) is 1.80. The third-order valence-corrected chi connectivity index (χ3v) is 2.64. The van der Waals surface area contributed by atoms with E-state index < -0.39 is 0 Å². The molecule has 2 aromatic rings. The predicted molar refractivity (Wildman–Crippen MR) is 56.7 cm³/mol. The van der Waals surface area contributed by atoms with Crippen molar-refractivity contribution >= 4 is 0 Å². The first kappa shape index (κ1) is 10.3. The molecule has 2 atom stereocenters. The number of rotatable bonds is 2. The maximum absolute atomic E-state index is 9.41. The zero-order chi connectivity index (χ0) is 11.7. The van der Waals surface area contributed by atoms with Crippen LogP contribution in [0, 0.1) is 0 Å². The third-order valence-electron chi connectivity index (χ3n) is 2.64. The second-order valence-electron chi connectivity index (χ2n) is 3.90. The zero-order valence-electron chi connectivity index (χ0n) is 8.95. The van der Waals surface area contributed by atoms with Gasteiger partial charge in [0.15, 0.2) is 0 Å². The molecular weight excluding hydrogens is 222 g/mol. The minimum absolute atomic E-state index is 0.0806. The second-order valence-corrected chi connectivity index (χ2v) is 3.90. The van der Waals surface area contributed by atoms with E-state index in [-0.39, 0.29) is 12.1 Å². The van der Waals surface area contributed by atoms with E-state index in [0.29, 0.717) is 30.4 Å². The Labute approximate surface area is 96.9 Å². The molecule has 0 radical (unpaired) electrons. The number of aliphatic hydroxyl groups is 1. The number of aromatic nitrogens is 4. The van der Waals surface area contributed by atoms with Gasteiger partial charge in [-0.05, 0) is 6.42 Å². The molecule has 3 rings (SSSR count). The van der Waals surface area contributed by atoms with Gasteiger partial charge in [0.25, 0.3) is 0 Å². The molecule has 7 nitrogen and oxygen atoms in total. The zero-order valence-corrected chi connectivity index (χ0v) is 8.95. The van der Waals surface area contributed by atoms with E-state index in [4.69, 9.17) is 4.52 Å². The van der Waals surface area contributed by atoms with Gasteiger partial charge in [-0.15, -0.1) is 0 Å². The SMILES string of the molecule is OC1CNC(c2nc(-c3cnccn3)no2)C1. The van der Waals surface area contributed by atoms with E-state index in [1.54, 1.807) is 18.6 Å². The van der Waals surface area contributed by atoms with Crippen LogP contribution in [0.15, 0.2) is 23.1 Å². The third kappa shape index (κ3) is 2.02. The summed E-state index contributed by atoms with van der Waals surface area (Å²) in [4.78, 5) is 12.3. The van der Waals surface area contributed by atoms with Crippen LogP contribution in [0.3, 0.4) is 0 Å². The predicted octanol–water partition coefficient (Wildman–Crippen LogP) is -0.0781. The lowest BCUT2D eigenvalue weighted by Gasteiger charge is -2.01. The maximum atomic E-state index is 9.41. The summed E-state index contributed by atoms with van der Waals surface area (Å²) in [5.41, 5.74) is 0.570. The van der Waals surface area contributed by atoms with E-state index >= 15 is 0 Å². The van der Waals surface area contributed by atoms with Crippen molar-refractivity contribution in [1.29, 1.82) is 0 Å². The summed E-state index contributed by atoms with van der Waals surface area (Å²) in [7, 11) is 0. The highest BCUT2D eigenvalue weighted by Gasteiger charge is 2.28. The van der Waals surface area contributed by atoms with Crippen molar-refractivity contribution in [2.24, 2.45) is 0 Å². The molecular formula is C10H11N5O2. The minimum Gasteiger partial charge on any atom is -0.392 e. The van der Waals surface area contributed by atoms with E-state index in [1.807, 2.05) is 0 Å². The lowest BCUT2D eigenvalue weighted by Crippen LogP contribution is -2.15. The number of nitrogens with one attached hydrogen (secondary N) is 1. The smallest absolute Gasteiger partial charge is 0.244 e. The standard InChI is InChI=1S/C10H11N5O2/c16-6-3-7(13-4-6)10-14-9(15-17-10)8-5-11-1-2-12-8/h1-2,5-7,13,16H,3-4H2. The van der Waals surface area contributed by atoms with Gasteiger partial charge in [-0.3, -0.25) is 4.98 Å². The minimum atomic E-state index is -0.355. The van der Waals surface area contributed by atoms with Crippen molar-refractivity contribution in [2.75, 3.05) is 6.54 Å². The molecule has 1 fully saturated rings. The lowest BCUT2D eigenvalue weighted by molar-refractivity contribution is 0.191. The summed E-state index contributed by atoms with van der Waals surface area (Å²) in [5, 5.41) is 16.4. The van der Waals surface area contributed by atoms with Gasteiger partial charge in [-0.25, -0.2) is 4.98 Å². The van der Waals surface area contributed by atoms with Gasteiger partial charge in [-0.2, -0.15) is 4.98 Å². The van der Waals surface area contributed by atoms with E-state index in [1.165, 1.54) is 0 Å². The van der Waals surface area contributed by atoms with Crippen LogP contribution in [0.2, 0.25) is 0 Å². The summed E-state index contributed by atoms with van der Waals surface area (Å²) in [6.45, 7) is 0.549. The molecule has 1 aliphatic rings. The molecule has 2 aromatic heterocycles. The molecule has 0 aromatic carbocycles. The number of β-amino-alcohol motifs (C(OH)–C–C–N with tert-alkyl or cyclic N) is 1. The van der Waals surface area contributed by atoms with Gasteiger partial charge < -0.3 is 14.9 Å². The first-order valence-corrected chi connectivity index (χ1v) is 5.34. The molecule has 0 aliphatic carbocycles.